The molecule has 3 N–H and O–H groups in total. The summed E-state index contributed by atoms with van der Waals surface area (Å²) in [4.78, 5) is 17.8. The summed E-state index contributed by atoms with van der Waals surface area (Å²) in [5, 5.41) is 13.2. The number of fused-ring (bicyclic) bond motifs is 2. The van der Waals surface area contributed by atoms with Crippen LogP contribution in [0.1, 0.15) is 19.3 Å². The van der Waals surface area contributed by atoms with Gasteiger partial charge >= 0.3 is 0 Å². The Morgan fingerprint density at radius 3 is 2.62 bits per heavy atom. The molecule has 158 valence electrons. The van der Waals surface area contributed by atoms with Crippen molar-refractivity contribution in [1.82, 2.24) is 24.5 Å². The molecular weight excluding hydrogens is 424 g/mol. The Hall–Kier alpha value is -3.55. The average Bonchev–Trinajstić information content (AvgIpc) is 3.18. The van der Waals surface area contributed by atoms with Crippen LogP contribution >= 0.6 is 11.6 Å². The molecule has 0 bridgehead atoms. The first-order valence-corrected chi connectivity index (χ1v) is 10.8. The third-order valence-electron chi connectivity index (χ3n) is 6.21. The summed E-state index contributed by atoms with van der Waals surface area (Å²) in [5.74, 6) is 0.345. The van der Waals surface area contributed by atoms with Crippen LogP contribution in [0, 0.1) is 0 Å². The molecule has 7 nitrogen and oxygen atoms in total. The van der Waals surface area contributed by atoms with Crippen LogP contribution < -0.4 is 5.73 Å². The largest absolute Gasteiger partial charge is 0.383 e. The van der Waals surface area contributed by atoms with Gasteiger partial charge in [0.15, 0.2) is 0 Å². The highest BCUT2D eigenvalue weighted by atomic mass is 35.5. The number of rotatable bonds is 3. The second-order valence-electron chi connectivity index (χ2n) is 8.14. The normalized spacial score (nSPS) is 15.2. The van der Waals surface area contributed by atoms with E-state index >= 15 is 0 Å². The molecule has 0 aliphatic heterocycles. The summed E-state index contributed by atoms with van der Waals surface area (Å²) in [6.45, 7) is 0. The first kappa shape index (κ1) is 19.2. The Kier molecular flexibility index (Phi) is 4.18. The maximum atomic E-state index is 11.0. The third kappa shape index (κ3) is 2.86. The van der Waals surface area contributed by atoms with Crippen molar-refractivity contribution >= 4 is 39.4 Å². The van der Waals surface area contributed by atoms with Crippen LogP contribution in [-0.2, 0) is 5.72 Å². The zero-order valence-electron chi connectivity index (χ0n) is 17.0. The van der Waals surface area contributed by atoms with Crippen LogP contribution in [0.4, 0.5) is 5.82 Å². The van der Waals surface area contributed by atoms with Gasteiger partial charge in [-0.2, -0.15) is 0 Å². The molecule has 1 saturated carbocycles. The van der Waals surface area contributed by atoms with E-state index < -0.39 is 5.72 Å². The number of hydrogen-bond donors (Lipinski definition) is 2. The molecule has 4 heterocycles. The number of nitrogens with zero attached hydrogens (tertiary/aromatic N) is 5. The second kappa shape index (κ2) is 6.98. The van der Waals surface area contributed by atoms with Crippen molar-refractivity contribution in [3.05, 3.63) is 66.2 Å². The van der Waals surface area contributed by atoms with Crippen LogP contribution in [0.5, 0.6) is 0 Å². The van der Waals surface area contributed by atoms with Crippen LogP contribution in [0.2, 0.25) is 5.02 Å². The van der Waals surface area contributed by atoms with Crippen molar-refractivity contribution < 1.29 is 5.11 Å². The number of benzene rings is 1. The molecule has 1 aliphatic rings. The summed E-state index contributed by atoms with van der Waals surface area (Å²) in [6, 6.07) is 13.5. The van der Waals surface area contributed by atoms with Gasteiger partial charge in [-0.1, -0.05) is 23.7 Å². The minimum Gasteiger partial charge on any atom is -0.383 e. The van der Waals surface area contributed by atoms with Gasteiger partial charge in [-0.25, -0.2) is 15.0 Å². The van der Waals surface area contributed by atoms with Crippen molar-refractivity contribution in [3.63, 3.8) is 0 Å². The molecule has 1 fully saturated rings. The van der Waals surface area contributed by atoms with E-state index in [1.165, 1.54) is 6.33 Å². The Morgan fingerprint density at radius 2 is 1.88 bits per heavy atom. The zero-order valence-corrected chi connectivity index (χ0v) is 17.8. The lowest BCUT2D eigenvalue weighted by Gasteiger charge is -2.38. The topological polar surface area (TPSA) is 103 Å². The minimum absolute atomic E-state index is 0.345. The smallest absolute Gasteiger partial charge is 0.148 e. The summed E-state index contributed by atoms with van der Waals surface area (Å²) >= 11 is 6.73. The molecule has 0 radical (unpaired) electrons. The molecule has 8 heteroatoms. The summed E-state index contributed by atoms with van der Waals surface area (Å²) in [5.41, 5.74) is 9.79. The average molecular weight is 443 g/mol. The van der Waals surface area contributed by atoms with Gasteiger partial charge < -0.3 is 15.4 Å². The highest BCUT2D eigenvalue weighted by Crippen LogP contribution is 2.44. The van der Waals surface area contributed by atoms with Gasteiger partial charge in [0.1, 0.15) is 23.5 Å². The van der Waals surface area contributed by atoms with Crippen LogP contribution in [-0.4, -0.2) is 29.6 Å². The third-order valence-corrected chi connectivity index (χ3v) is 6.52. The lowest BCUT2D eigenvalue weighted by molar-refractivity contribution is -0.103. The monoisotopic (exact) mass is 442 g/mol. The molecule has 6 rings (SSSR count). The first-order valence-electron chi connectivity index (χ1n) is 10.4. The fourth-order valence-electron chi connectivity index (χ4n) is 4.35. The fourth-order valence-corrected chi connectivity index (χ4v) is 4.62. The van der Waals surface area contributed by atoms with Crippen molar-refractivity contribution in [1.29, 1.82) is 0 Å². The van der Waals surface area contributed by atoms with Crippen molar-refractivity contribution in [2.45, 2.75) is 25.0 Å². The van der Waals surface area contributed by atoms with E-state index in [0.29, 0.717) is 34.7 Å². The number of aromatic nitrogens is 5. The maximum absolute atomic E-state index is 11.0. The number of nitrogen functional groups attached to an aromatic ring is 1. The summed E-state index contributed by atoms with van der Waals surface area (Å²) in [6.07, 6.45) is 7.34. The molecule has 0 unspecified atom stereocenters. The molecule has 5 aromatic rings. The number of pyridine rings is 2. The van der Waals surface area contributed by atoms with E-state index in [1.54, 1.807) is 10.8 Å². The van der Waals surface area contributed by atoms with Gasteiger partial charge in [-0.15, -0.1) is 0 Å². The Morgan fingerprint density at radius 1 is 1.00 bits per heavy atom. The SMILES string of the molecule is Nc1ncnc2c1c(-c1cc3nc(-c4ccccn4)ccc3cc1Cl)cn2C1(O)CCC1. The molecular formula is C24H19ClN6O. The molecule has 0 spiro atoms. The van der Waals surface area contributed by atoms with E-state index in [0.717, 1.165) is 39.8 Å². The standard InChI is InChI=1S/C24H19ClN6O/c25-17-10-14-5-6-19(18-4-1-2-9-27-18)30-20(14)11-15(17)16-12-31(24(32)7-3-8-24)23-21(16)22(26)28-13-29-23/h1-2,4-6,9-13,32H,3,7-8H2,(H2,26,28,29). The van der Waals surface area contributed by atoms with Gasteiger partial charge in [0, 0.05) is 33.9 Å². The Labute approximate surface area is 188 Å². The zero-order chi connectivity index (χ0) is 21.9. The van der Waals surface area contributed by atoms with Crippen LogP contribution in [0.15, 0.2) is 61.2 Å². The minimum atomic E-state index is -0.967. The van der Waals surface area contributed by atoms with Crippen molar-refractivity contribution in [2.24, 2.45) is 0 Å². The Balaban J connectivity index is 1.59. The summed E-state index contributed by atoms with van der Waals surface area (Å²) < 4.78 is 1.80. The van der Waals surface area contributed by atoms with E-state index in [4.69, 9.17) is 22.3 Å². The number of nitrogens with two attached hydrogens (primary N) is 1. The van der Waals surface area contributed by atoms with Crippen molar-refractivity contribution in [2.75, 3.05) is 5.73 Å². The number of aliphatic hydroxyl groups is 1. The van der Waals surface area contributed by atoms with Crippen LogP contribution in [0.3, 0.4) is 0 Å². The fraction of sp³-hybridized carbons (Fsp3) is 0.167. The van der Waals surface area contributed by atoms with Gasteiger partial charge in [-0.3, -0.25) is 4.98 Å². The van der Waals surface area contributed by atoms with Crippen molar-refractivity contribution in [3.8, 4) is 22.5 Å². The molecule has 0 saturated heterocycles. The number of hydrogen-bond acceptors (Lipinski definition) is 6. The van der Waals surface area contributed by atoms with E-state index in [9.17, 15) is 5.11 Å². The molecule has 0 amide bonds. The van der Waals surface area contributed by atoms with Crippen LogP contribution in [0.25, 0.3) is 44.5 Å². The van der Waals surface area contributed by atoms with E-state index in [-0.39, 0.29) is 0 Å². The van der Waals surface area contributed by atoms with E-state index in [2.05, 4.69) is 15.0 Å². The predicted octanol–water partition coefficient (Wildman–Crippen LogP) is 4.77. The molecule has 1 aliphatic carbocycles. The number of halogens is 1. The van der Waals surface area contributed by atoms with Gasteiger partial charge in [0.05, 0.1) is 22.3 Å². The highest BCUT2D eigenvalue weighted by Gasteiger charge is 2.38. The lowest BCUT2D eigenvalue weighted by atomic mass is 9.88. The quantitative estimate of drug-likeness (QED) is 0.417. The molecule has 32 heavy (non-hydrogen) atoms. The predicted molar refractivity (Wildman–Crippen MR) is 125 cm³/mol. The summed E-state index contributed by atoms with van der Waals surface area (Å²) in [7, 11) is 0. The van der Waals surface area contributed by atoms with Gasteiger partial charge in [0.25, 0.3) is 0 Å². The first-order chi connectivity index (χ1) is 15.5. The maximum Gasteiger partial charge on any atom is 0.148 e. The second-order valence-corrected chi connectivity index (χ2v) is 8.55. The molecule has 0 atom stereocenters. The van der Waals surface area contributed by atoms with E-state index in [1.807, 2.05) is 48.7 Å². The van der Waals surface area contributed by atoms with Gasteiger partial charge in [-0.05, 0) is 49.6 Å². The highest BCUT2D eigenvalue weighted by molar-refractivity contribution is 6.34. The van der Waals surface area contributed by atoms with Gasteiger partial charge in [0.2, 0.25) is 0 Å². The Bertz CT molecular complexity index is 1490. The molecule has 4 aromatic heterocycles. The molecule has 1 aromatic carbocycles. The lowest BCUT2D eigenvalue weighted by Crippen LogP contribution is -2.39. The number of anilines is 1.